The standard InChI is InChI=1S/C20H14BrClN2O/c21-13-5-9-15(10-6-13)23-19-17-3-1-2-4-18(17)20(25)24(19)16-11-7-14(22)8-12-16/h1-12,19,23H/t19-/m0/s1. The number of fused-ring (bicyclic) bond motifs is 1. The fourth-order valence-electron chi connectivity index (χ4n) is 3.03. The first kappa shape index (κ1) is 16.2. The quantitative estimate of drug-likeness (QED) is 0.582. The number of benzene rings is 3. The lowest BCUT2D eigenvalue weighted by atomic mass is 10.1. The topological polar surface area (TPSA) is 32.3 Å². The monoisotopic (exact) mass is 412 g/mol. The predicted molar refractivity (Wildman–Crippen MR) is 105 cm³/mol. The number of carbonyl (C=O) groups is 1. The summed E-state index contributed by atoms with van der Waals surface area (Å²) in [6, 6.07) is 22.9. The Kier molecular flexibility index (Phi) is 4.24. The summed E-state index contributed by atoms with van der Waals surface area (Å²) in [4.78, 5) is 14.7. The van der Waals surface area contributed by atoms with Crippen LogP contribution in [0.3, 0.4) is 0 Å². The first-order valence-electron chi connectivity index (χ1n) is 7.83. The molecule has 124 valence electrons. The van der Waals surface area contributed by atoms with Crippen LogP contribution < -0.4 is 10.2 Å². The maximum Gasteiger partial charge on any atom is 0.260 e. The zero-order valence-electron chi connectivity index (χ0n) is 13.1. The van der Waals surface area contributed by atoms with Gasteiger partial charge in [0, 0.05) is 32.0 Å². The summed E-state index contributed by atoms with van der Waals surface area (Å²) >= 11 is 9.45. The highest BCUT2D eigenvalue weighted by Gasteiger charge is 2.37. The fourth-order valence-corrected chi connectivity index (χ4v) is 3.42. The lowest BCUT2D eigenvalue weighted by molar-refractivity contribution is 0.0993. The number of hydrogen-bond acceptors (Lipinski definition) is 2. The van der Waals surface area contributed by atoms with Crippen molar-refractivity contribution in [2.75, 3.05) is 10.2 Å². The van der Waals surface area contributed by atoms with Crippen molar-refractivity contribution >= 4 is 44.8 Å². The third kappa shape index (κ3) is 3.03. The molecule has 0 radical (unpaired) electrons. The van der Waals surface area contributed by atoms with Gasteiger partial charge in [-0.2, -0.15) is 0 Å². The van der Waals surface area contributed by atoms with Gasteiger partial charge in [0.25, 0.3) is 5.91 Å². The Morgan fingerprint density at radius 2 is 1.60 bits per heavy atom. The lowest BCUT2D eigenvalue weighted by Gasteiger charge is -2.27. The number of halogens is 2. The Hall–Kier alpha value is -2.30. The van der Waals surface area contributed by atoms with Crippen LogP contribution in [0.2, 0.25) is 5.02 Å². The summed E-state index contributed by atoms with van der Waals surface area (Å²) in [5.74, 6) is -0.0208. The molecular formula is C20H14BrClN2O. The van der Waals surface area contributed by atoms with Gasteiger partial charge in [-0.05, 0) is 54.6 Å². The van der Waals surface area contributed by atoms with E-state index >= 15 is 0 Å². The minimum atomic E-state index is -0.272. The molecule has 0 bridgehead atoms. The summed E-state index contributed by atoms with van der Waals surface area (Å²) in [6.07, 6.45) is -0.272. The van der Waals surface area contributed by atoms with Crippen molar-refractivity contribution in [2.45, 2.75) is 6.17 Å². The average molecular weight is 414 g/mol. The van der Waals surface area contributed by atoms with Gasteiger partial charge in [0.1, 0.15) is 6.17 Å². The van der Waals surface area contributed by atoms with Gasteiger partial charge in [-0.1, -0.05) is 45.7 Å². The molecule has 3 aromatic carbocycles. The van der Waals surface area contributed by atoms with E-state index in [2.05, 4.69) is 21.2 Å². The minimum absolute atomic E-state index is 0.0208. The van der Waals surface area contributed by atoms with E-state index in [0.717, 1.165) is 21.4 Å². The van der Waals surface area contributed by atoms with Crippen LogP contribution in [-0.4, -0.2) is 5.91 Å². The van der Waals surface area contributed by atoms with Crippen LogP contribution in [0.1, 0.15) is 22.1 Å². The number of nitrogens with zero attached hydrogens (tertiary/aromatic N) is 1. The molecule has 0 aliphatic carbocycles. The smallest absolute Gasteiger partial charge is 0.260 e. The second-order valence-corrected chi connectivity index (χ2v) is 7.14. The Morgan fingerprint density at radius 3 is 2.32 bits per heavy atom. The van der Waals surface area contributed by atoms with Crippen LogP contribution in [0, 0.1) is 0 Å². The number of amides is 1. The van der Waals surface area contributed by atoms with Crippen LogP contribution in [-0.2, 0) is 0 Å². The average Bonchev–Trinajstić information content (AvgIpc) is 2.90. The highest BCUT2D eigenvalue weighted by molar-refractivity contribution is 9.10. The van der Waals surface area contributed by atoms with Crippen molar-refractivity contribution in [3.8, 4) is 0 Å². The molecule has 1 heterocycles. The Balaban J connectivity index is 1.77. The second kappa shape index (κ2) is 6.54. The van der Waals surface area contributed by atoms with Gasteiger partial charge >= 0.3 is 0 Å². The third-order valence-corrected chi connectivity index (χ3v) is 5.00. The number of carbonyl (C=O) groups excluding carboxylic acids is 1. The van der Waals surface area contributed by atoms with E-state index in [1.807, 2.05) is 60.7 Å². The number of nitrogens with one attached hydrogen (secondary N) is 1. The van der Waals surface area contributed by atoms with Crippen molar-refractivity contribution < 1.29 is 4.79 Å². The largest absolute Gasteiger partial charge is 0.361 e. The molecule has 25 heavy (non-hydrogen) atoms. The number of anilines is 2. The molecule has 3 nitrogen and oxygen atoms in total. The molecule has 1 aliphatic rings. The number of hydrogen-bond donors (Lipinski definition) is 1. The van der Waals surface area contributed by atoms with Crippen molar-refractivity contribution in [3.05, 3.63) is 93.4 Å². The van der Waals surface area contributed by atoms with E-state index in [9.17, 15) is 4.79 Å². The van der Waals surface area contributed by atoms with E-state index in [4.69, 9.17) is 11.6 Å². The van der Waals surface area contributed by atoms with Gasteiger partial charge in [0.2, 0.25) is 0 Å². The van der Waals surface area contributed by atoms with Crippen LogP contribution >= 0.6 is 27.5 Å². The van der Waals surface area contributed by atoms with Gasteiger partial charge < -0.3 is 5.32 Å². The first-order chi connectivity index (χ1) is 12.1. The molecule has 0 saturated heterocycles. The molecule has 1 N–H and O–H groups in total. The summed E-state index contributed by atoms with van der Waals surface area (Å²) in [5.41, 5.74) is 3.43. The molecule has 5 heteroatoms. The van der Waals surface area contributed by atoms with Gasteiger partial charge in [0.15, 0.2) is 0 Å². The lowest BCUT2D eigenvalue weighted by Crippen LogP contribution is -2.32. The molecule has 1 amide bonds. The van der Waals surface area contributed by atoms with Crippen LogP contribution in [0.4, 0.5) is 11.4 Å². The molecular weight excluding hydrogens is 400 g/mol. The van der Waals surface area contributed by atoms with Crippen molar-refractivity contribution in [1.82, 2.24) is 0 Å². The minimum Gasteiger partial charge on any atom is -0.361 e. The molecule has 0 unspecified atom stereocenters. The second-order valence-electron chi connectivity index (χ2n) is 5.79. The van der Waals surface area contributed by atoms with Crippen LogP contribution in [0.5, 0.6) is 0 Å². The third-order valence-electron chi connectivity index (χ3n) is 4.22. The SMILES string of the molecule is O=C1c2ccccc2[C@@H](Nc2ccc(Br)cc2)N1c1ccc(Cl)cc1. The maximum absolute atomic E-state index is 13.0. The molecule has 0 fully saturated rings. The highest BCUT2D eigenvalue weighted by Crippen LogP contribution is 2.38. The molecule has 1 aliphatic heterocycles. The first-order valence-corrected chi connectivity index (χ1v) is 9.01. The normalized spacial score (nSPS) is 16.0. The van der Waals surface area contributed by atoms with Gasteiger partial charge in [0.05, 0.1) is 0 Å². The maximum atomic E-state index is 13.0. The van der Waals surface area contributed by atoms with Gasteiger partial charge in [-0.25, -0.2) is 0 Å². The summed E-state index contributed by atoms with van der Waals surface area (Å²) in [6.45, 7) is 0. The molecule has 3 aromatic rings. The molecule has 4 rings (SSSR count). The summed E-state index contributed by atoms with van der Waals surface area (Å²) in [5, 5.41) is 4.11. The number of rotatable bonds is 3. The van der Waals surface area contributed by atoms with E-state index < -0.39 is 0 Å². The highest BCUT2D eigenvalue weighted by atomic mass is 79.9. The van der Waals surface area contributed by atoms with Gasteiger partial charge in [-0.15, -0.1) is 0 Å². The zero-order chi connectivity index (χ0) is 17.4. The summed E-state index contributed by atoms with van der Waals surface area (Å²) in [7, 11) is 0. The van der Waals surface area contributed by atoms with Crippen molar-refractivity contribution in [3.63, 3.8) is 0 Å². The van der Waals surface area contributed by atoms with E-state index in [-0.39, 0.29) is 12.1 Å². The fraction of sp³-hybridized carbons (Fsp3) is 0.0500. The molecule has 0 aromatic heterocycles. The zero-order valence-corrected chi connectivity index (χ0v) is 15.5. The Bertz CT molecular complexity index is 925. The van der Waals surface area contributed by atoms with Gasteiger partial charge in [-0.3, -0.25) is 9.69 Å². The summed E-state index contributed by atoms with van der Waals surface area (Å²) < 4.78 is 1.01. The van der Waals surface area contributed by atoms with E-state index in [0.29, 0.717) is 10.6 Å². The molecule has 0 saturated carbocycles. The molecule has 0 spiro atoms. The van der Waals surface area contributed by atoms with Crippen LogP contribution in [0.25, 0.3) is 0 Å². The van der Waals surface area contributed by atoms with E-state index in [1.165, 1.54) is 0 Å². The van der Waals surface area contributed by atoms with Crippen molar-refractivity contribution in [2.24, 2.45) is 0 Å². The predicted octanol–water partition coefficient (Wildman–Crippen LogP) is 5.87. The van der Waals surface area contributed by atoms with Crippen LogP contribution in [0.15, 0.2) is 77.3 Å². The Labute approximate surface area is 159 Å². The van der Waals surface area contributed by atoms with E-state index in [1.54, 1.807) is 17.0 Å². The van der Waals surface area contributed by atoms with Crippen molar-refractivity contribution in [1.29, 1.82) is 0 Å². The Morgan fingerprint density at radius 1 is 0.920 bits per heavy atom. The molecule has 1 atom stereocenters.